The highest BCUT2D eigenvalue weighted by Gasteiger charge is 2.26. The number of nitrogens with zero attached hydrogens (tertiary/aromatic N) is 2. The van der Waals surface area contributed by atoms with E-state index >= 15 is 0 Å². The highest BCUT2D eigenvalue weighted by molar-refractivity contribution is 5.91. The molecule has 2 aromatic rings. The van der Waals surface area contributed by atoms with E-state index in [1.807, 2.05) is 6.07 Å². The number of piperazine rings is 1. The molecule has 1 aromatic heterocycles. The van der Waals surface area contributed by atoms with E-state index in [9.17, 15) is 9.59 Å². The molecule has 1 fully saturated rings. The fourth-order valence-electron chi connectivity index (χ4n) is 3.75. The summed E-state index contributed by atoms with van der Waals surface area (Å²) in [5, 5.41) is 0. The summed E-state index contributed by atoms with van der Waals surface area (Å²) in [6.07, 6.45) is 6.18. The van der Waals surface area contributed by atoms with Crippen molar-refractivity contribution in [3.05, 3.63) is 53.5 Å². The van der Waals surface area contributed by atoms with Crippen molar-refractivity contribution in [2.45, 2.75) is 25.7 Å². The van der Waals surface area contributed by atoms with Crippen LogP contribution in [0.25, 0.3) is 0 Å². The van der Waals surface area contributed by atoms with Gasteiger partial charge in [-0.15, -0.1) is 0 Å². The van der Waals surface area contributed by atoms with Crippen LogP contribution < -0.4 is 4.74 Å². The SMILES string of the molecule is O=C(COc1ccc2c(c1)CCCC2)N1CCN(C(=O)c2ccco2)CC1. The predicted octanol–water partition coefficient (Wildman–Crippen LogP) is 2.52. The second-order valence-corrected chi connectivity index (χ2v) is 7.08. The number of carbonyl (C=O) groups is 2. The number of aryl methyl sites for hydroxylation is 2. The Kier molecular flexibility index (Phi) is 5.14. The molecule has 2 heterocycles. The zero-order valence-corrected chi connectivity index (χ0v) is 15.4. The van der Waals surface area contributed by atoms with E-state index in [1.165, 1.54) is 30.2 Å². The number of rotatable bonds is 4. The number of amides is 2. The van der Waals surface area contributed by atoms with Gasteiger partial charge in [0.15, 0.2) is 12.4 Å². The molecule has 0 spiro atoms. The minimum Gasteiger partial charge on any atom is -0.484 e. The zero-order valence-electron chi connectivity index (χ0n) is 15.4. The molecule has 6 nitrogen and oxygen atoms in total. The van der Waals surface area contributed by atoms with Crippen LogP contribution in [0.5, 0.6) is 5.75 Å². The van der Waals surface area contributed by atoms with Crippen molar-refractivity contribution in [1.29, 1.82) is 0 Å². The molecule has 6 heteroatoms. The normalized spacial score (nSPS) is 16.7. The Labute approximate surface area is 158 Å². The molecular formula is C21H24N2O4. The highest BCUT2D eigenvalue weighted by atomic mass is 16.5. The number of fused-ring (bicyclic) bond motifs is 1. The summed E-state index contributed by atoms with van der Waals surface area (Å²) in [6, 6.07) is 9.50. The van der Waals surface area contributed by atoms with Gasteiger partial charge in [-0.25, -0.2) is 0 Å². The number of furan rings is 1. The Hall–Kier alpha value is -2.76. The number of carbonyl (C=O) groups excluding carboxylic acids is 2. The molecule has 2 amide bonds. The number of ether oxygens (including phenoxy) is 1. The topological polar surface area (TPSA) is 63.0 Å². The van der Waals surface area contributed by atoms with Gasteiger partial charge in [-0.05, 0) is 61.1 Å². The quantitative estimate of drug-likeness (QED) is 0.832. The molecule has 1 aliphatic carbocycles. The Bertz CT molecular complexity index is 808. The Morgan fingerprint density at radius 3 is 2.44 bits per heavy atom. The first-order chi connectivity index (χ1) is 13.2. The number of benzene rings is 1. The van der Waals surface area contributed by atoms with Gasteiger partial charge < -0.3 is 19.0 Å². The largest absolute Gasteiger partial charge is 0.484 e. The van der Waals surface area contributed by atoms with Gasteiger partial charge in [-0.1, -0.05) is 6.07 Å². The lowest BCUT2D eigenvalue weighted by Crippen LogP contribution is -2.51. The first kappa shape index (κ1) is 17.6. The van der Waals surface area contributed by atoms with Crippen LogP contribution in [0.4, 0.5) is 0 Å². The van der Waals surface area contributed by atoms with Crippen LogP contribution in [0.15, 0.2) is 41.0 Å². The van der Waals surface area contributed by atoms with Crippen LogP contribution >= 0.6 is 0 Å². The second kappa shape index (κ2) is 7.86. The van der Waals surface area contributed by atoms with Crippen molar-refractivity contribution in [2.24, 2.45) is 0 Å². The lowest BCUT2D eigenvalue weighted by Gasteiger charge is -2.34. The molecule has 0 N–H and O–H groups in total. The Morgan fingerprint density at radius 2 is 1.70 bits per heavy atom. The van der Waals surface area contributed by atoms with Crippen molar-refractivity contribution in [1.82, 2.24) is 9.80 Å². The first-order valence-electron chi connectivity index (χ1n) is 9.56. The lowest BCUT2D eigenvalue weighted by molar-refractivity contribution is -0.134. The van der Waals surface area contributed by atoms with E-state index in [4.69, 9.17) is 9.15 Å². The van der Waals surface area contributed by atoms with E-state index in [-0.39, 0.29) is 18.4 Å². The number of hydrogen-bond donors (Lipinski definition) is 0. The second-order valence-electron chi connectivity index (χ2n) is 7.08. The summed E-state index contributed by atoms with van der Waals surface area (Å²) in [6.45, 7) is 2.07. The summed E-state index contributed by atoms with van der Waals surface area (Å²) >= 11 is 0. The molecule has 4 rings (SSSR count). The molecule has 0 atom stereocenters. The van der Waals surface area contributed by atoms with Crippen molar-refractivity contribution < 1.29 is 18.7 Å². The average molecular weight is 368 g/mol. The molecule has 0 saturated carbocycles. The van der Waals surface area contributed by atoms with Gasteiger partial charge in [-0.2, -0.15) is 0 Å². The van der Waals surface area contributed by atoms with Crippen molar-refractivity contribution >= 4 is 11.8 Å². The van der Waals surface area contributed by atoms with Crippen molar-refractivity contribution in [3.63, 3.8) is 0 Å². The van der Waals surface area contributed by atoms with Gasteiger partial charge in [-0.3, -0.25) is 9.59 Å². The van der Waals surface area contributed by atoms with Gasteiger partial charge >= 0.3 is 0 Å². The van der Waals surface area contributed by atoms with Gasteiger partial charge in [0.2, 0.25) is 0 Å². The highest BCUT2D eigenvalue weighted by Crippen LogP contribution is 2.25. The van der Waals surface area contributed by atoms with E-state index < -0.39 is 0 Å². The number of hydrogen-bond acceptors (Lipinski definition) is 4. The summed E-state index contributed by atoms with van der Waals surface area (Å²) < 4.78 is 10.9. The molecule has 2 aliphatic rings. The Morgan fingerprint density at radius 1 is 0.963 bits per heavy atom. The fraction of sp³-hybridized carbons (Fsp3) is 0.429. The van der Waals surface area contributed by atoms with Crippen LogP contribution in [-0.4, -0.2) is 54.4 Å². The molecule has 1 aliphatic heterocycles. The predicted molar refractivity (Wildman–Crippen MR) is 99.8 cm³/mol. The average Bonchev–Trinajstić information content (AvgIpc) is 3.26. The molecular weight excluding hydrogens is 344 g/mol. The third-order valence-corrected chi connectivity index (χ3v) is 5.33. The van der Waals surface area contributed by atoms with Crippen molar-refractivity contribution in [2.75, 3.05) is 32.8 Å². The van der Waals surface area contributed by atoms with Gasteiger partial charge in [0.25, 0.3) is 11.8 Å². The van der Waals surface area contributed by atoms with Crippen LogP contribution in [-0.2, 0) is 17.6 Å². The van der Waals surface area contributed by atoms with E-state index in [0.717, 1.165) is 18.6 Å². The third-order valence-electron chi connectivity index (χ3n) is 5.33. The van der Waals surface area contributed by atoms with Crippen LogP contribution in [0.2, 0.25) is 0 Å². The Balaban J connectivity index is 1.27. The molecule has 27 heavy (non-hydrogen) atoms. The van der Waals surface area contributed by atoms with E-state index in [0.29, 0.717) is 31.9 Å². The minimum atomic E-state index is -0.127. The molecule has 142 valence electrons. The van der Waals surface area contributed by atoms with Gasteiger partial charge in [0.05, 0.1) is 6.26 Å². The van der Waals surface area contributed by atoms with Gasteiger partial charge in [0, 0.05) is 26.2 Å². The van der Waals surface area contributed by atoms with Crippen LogP contribution in [0, 0.1) is 0 Å². The lowest BCUT2D eigenvalue weighted by atomic mass is 9.92. The standard InChI is InChI=1S/C21H24N2O4/c24-20(15-27-18-8-7-16-4-1-2-5-17(16)14-18)22-9-11-23(12-10-22)21(25)19-6-3-13-26-19/h3,6-8,13-14H,1-2,4-5,9-12,15H2. The maximum Gasteiger partial charge on any atom is 0.289 e. The molecule has 1 aromatic carbocycles. The van der Waals surface area contributed by atoms with E-state index in [1.54, 1.807) is 21.9 Å². The summed E-state index contributed by atoms with van der Waals surface area (Å²) in [5.74, 6) is 0.927. The zero-order chi connectivity index (χ0) is 18.6. The third kappa shape index (κ3) is 3.99. The van der Waals surface area contributed by atoms with E-state index in [2.05, 4.69) is 12.1 Å². The van der Waals surface area contributed by atoms with Crippen molar-refractivity contribution in [3.8, 4) is 5.75 Å². The fourth-order valence-corrected chi connectivity index (χ4v) is 3.75. The summed E-state index contributed by atoms with van der Waals surface area (Å²) in [5.41, 5.74) is 2.74. The maximum atomic E-state index is 12.4. The minimum absolute atomic E-state index is 0.0327. The smallest absolute Gasteiger partial charge is 0.289 e. The summed E-state index contributed by atoms with van der Waals surface area (Å²) in [7, 11) is 0. The molecule has 0 bridgehead atoms. The van der Waals surface area contributed by atoms with Gasteiger partial charge in [0.1, 0.15) is 5.75 Å². The van der Waals surface area contributed by atoms with Crippen LogP contribution in [0.1, 0.15) is 34.5 Å². The molecule has 1 saturated heterocycles. The summed E-state index contributed by atoms with van der Waals surface area (Å²) in [4.78, 5) is 28.2. The molecule has 0 radical (unpaired) electrons. The monoisotopic (exact) mass is 368 g/mol. The maximum absolute atomic E-state index is 12.4. The molecule has 0 unspecified atom stereocenters. The first-order valence-corrected chi connectivity index (χ1v) is 9.56. The van der Waals surface area contributed by atoms with Crippen LogP contribution in [0.3, 0.4) is 0 Å².